The van der Waals surface area contributed by atoms with E-state index in [4.69, 9.17) is 11.3 Å². The third-order valence-electron chi connectivity index (χ3n) is 10.7. The zero-order valence-electron chi connectivity index (χ0n) is 26.7. The Morgan fingerprint density at radius 3 is 2.56 bits per heavy atom. The molecule has 3 heterocycles. The summed E-state index contributed by atoms with van der Waals surface area (Å²) in [4.78, 5) is 25.6. The molecule has 0 radical (unpaired) electrons. The van der Waals surface area contributed by atoms with E-state index < -0.39 is 11.5 Å². The quantitative estimate of drug-likeness (QED) is 0.277. The Labute approximate surface area is 266 Å². The van der Waals surface area contributed by atoms with E-state index in [-0.39, 0.29) is 29.2 Å². The number of aromatic nitrogens is 2. The molecule has 45 heavy (non-hydrogen) atoms. The van der Waals surface area contributed by atoms with Crippen molar-refractivity contribution in [2.75, 3.05) is 44.7 Å². The molecule has 9 heteroatoms. The van der Waals surface area contributed by atoms with Crippen LogP contribution in [0.1, 0.15) is 50.4 Å². The first-order valence-electron chi connectivity index (χ1n) is 16.3. The SMILES string of the molecule is [C-]#[N+]c1ccc(N2CC(C)(CN3CCC(C(Cn4ccnc4C)(c4cccc(F)c4)[C@H]4CCC[C@@H]4OC(=O)NC)CC3)C2)cc1. The number of hydrogen-bond acceptors (Lipinski definition) is 5. The van der Waals surface area contributed by atoms with Gasteiger partial charge in [0, 0.05) is 68.1 Å². The van der Waals surface area contributed by atoms with Crippen molar-refractivity contribution in [1.29, 1.82) is 0 Å². The number of aryl methyl sites for hydroxylation is 1. The first-order chi connectivity index (χ1) is 21.7. The Morgan fingerprint density at radius 2 is 1.91 bits per heavy atom. The number of nitrogens with one attached hydrogen (secondary N) is 1. The predicted octanol–water partition coefficient (Wildman–Crippen LogP) is 6.58. The van der Waals surface area contributed by atoms with Crippen molar-refractivity contribution in [3.8, 4) is 0 Å². The summed E-state index contributed by atoms with van der Waals surface area (Å²) in [6.07, 6.45) is 7.92. The normalized spacial score (nSPS) is 23.1. The third kappa shape index (κ3) is 6.30. The summed E-state index contributed by atoms with van der Waals surface area (Å²) in [5, 5.41) is 2.65. The van der Waals surface area contributed by atoms with E-state index in [2.05, 4.69) is 54.6 Å². The van der Waals surface area contributed by atoms with Gasteiger partial charge in [0.2, 0.25) is 0 Å². The summed E-state index contributed by atoms with van der Waals surface area (Å²) < 4.78 is 23.3. The van der Waals surface area contributed by atoms with Gasteiger partial charge in [-0.25, -0.2) is 19.0 Å². The van der Waals surface area contributed by atoms with E-state index >= 15 is 4.39 Å². The van der Waals surface area contributed by atoms with Gasteiger partial charge in [0.1, 0.15) is 17.7 Å². The van der Waals surface area contributed by atoms with Gasteiger partial charge in [-0.2, -0.15) is 0 Å². The monoisotopic (exact) mass is 612 g/mol. The average Bonchev–Trinajstić information content (AvgIpc) is 3.67. The summed E-state index contributed by atoms with van der Waals surface area (Å²) >= 11 is 0. The lowest BCUT2D eigenvalue weighted by molar-refractivity contribution is -0.00177. The lowest BCUT2D eigenvalue weighted by atomic mass is 9.58. The summed E-state index contributed by atoms with van der Waals surface area (Å²) in [7, 11) is 1.60. The number of piperidine rings is 1. The first kappa shape index (κ1) is 31.1. The minimum absolute atomic E-state index is 0.0573. The number of carbonyl (C=O) groups excluding carboxylic acids is 1. The van der Waals surface area contributed by atoms with Gasteiger partial charge in [0.05, 0.1) is 6.57 Å². The van der Waals surface area contributed by atoms with Crippen molar-refractivity contribution < 1.29 is 13.9 Å². The fourth-order valence-corrected chi connectivity index (χ4v) is 8.62. The number of hydrogen-bond donors (Lipinski definition) is 1. The molecule has 2 aliphatic heterocycles. The summed E-state index contributed by atoms with van der Waals surface area (Å²) in [5.74, 6) is 1.04. The molecule has 1 saturated carbocycles. The zero-order valence-corrected chi connectivity index (χ0v) is 26.7. The highest BCUT2D eigenvalue weighted by molar-refractivity contribution is 5.67. The fourth-order valence-electron chi connectivity index (χ4n) is 8.62. The summed E-state index contributed by atoms with van der Waals surface area (Å²) in [5.41, 5.74) is 2.63. The van der Waals surface area contributed by atoms with E-state index in [1.807, 2.05) is 37.5 Å². The summed E-state index contributed by atoms with van der Waals surface area (Å²) in [6.45, 7) is 17.3. The molecule has 1 unspecified atom stereocenters. The molecule has 1 aliphatic carbocycles. The van der Waals surface area contributed by atoms with Crippen LogP contribution in [0.2, 0.25) is 0 Å². The molecular weight excluding hydrogens is 567 g/mol. The van der Waals surface area contributed by atoms with Gasteiger partial charge in [-0.3, -0.25) is 0 Å². The van der Waals surface area contributed by atoms with Crippen LogP contribution in [0.4, 0.5) is 20.6 Å². The van der Waals surface area contributed by atoms with Gasteiger partial charge in [-0.05, 0) is 87.9 Å². The van der Waals surface area contributed by atoms with Crippen molar-refractivity contribution in [2.24, 2.45) is 17.3 Å². The lowest BCUT2D eigenvalue weighted by Crippen LogP contribution is -2.60. The molecular formula is C36H45FN6O2. The Kier molecular flexibility index (Phi) is 8.87. The van der Waals surface area contributed by atoms with Crippen molar-refractivity contribution in [3.63, 3.8) is 0 Å². The molecule has 3 aromatic rings. The second kappa shape index (κ2) is 12.8. The molecule has 1 amide bonds. The molecule has 0 spiro atoms. The number of likely N-dealkylation sites (tertiary alicyclic amines) is 1. The minimum Gasteiger partial charge on any atom is -0.446 e. The number of halogens is 1. The van der Waals surface area contributed by atoms with E-state index in [0.29, 0.717) is 12.2 Å². The second-order valence-corrected chi connectivity index (χ2v) is 13.7. The van der Waals surface area contributed by atoms with Crippen LogP contribution >= 0.6 is 0 Å². The number of imidazole rings is 1. The van der Waals surface area contributed by atoms with Crippen LogP contribution in [0.25, 0.3) is 4.85 Å². The number of ether oxygens (including phenoxy) is 1. The van der Waals surface area contributed by atoms with E-state index in [9.17, 15) is 4.79 Å². The molecule has 2 saturated heterocycles. The largest absolute Gasteiger partial charge is 0.446 e. The zero-order chi connectivity index (χ0) is 31.6. The lowest BCUT2D eigenvalue weighted by Gasteiger charge is -2.54. The number of anilines is 1. The average molecular weight is 613 g/mol. The Bertz CT molecular complexity index is 1520. The van der Waals surface area contributed by atoms with Gasteiger partial charge in [0.15, 0.2) is 5.69 Å². The molecule has 3 aliphatic rings. The third-order valence-corrected chi connectivity index (χ3v) is 10.7. The molecule has 2 aromatic carbocycles. The minimum atomic E-state index is -0.427. The van der Waals surface area contributed by atoms with Gasteiger partial charge >= 0.3 is 6.09 Å². The number of amides is 1. The highest BCUT2D eigenvalue weighted by Gasteiger charge is 2.53. The number of carbonyl (C=O) groups is 1. The highest BCUT2D eigenvalue weighted by atomic mass is 19.1. The van der Waals surface area contributed by atoms with Crippen LogP contribution in [0.3, 0.4) is 0 Å². The maximum absolute atomic E-state index is 15.0. The molecule has 1 aromatic heterocycles. The maximum Gasteiger partial charge on any atom is 0.407 e. The van der Waals surface area contributed by atoms with Crippen LogP contribution < -0.4 is 10.2 Å². The Morgan fingerprint density at radius 1 is 1.16 bits per heavy atom. The van der Waals surface area contributed by atoms with E-state index in [1.54, 1.807) is 13.1 Å². The number of alkyl carbamates (subject to hydrolysis) is 1. The van der Waals surface area contributed by atoms with Gasteiger partial charge in [-0.15, -0.1) is 0 Å². The number of benzene rings is 2. The second-order valence-electron chi connectivity index (χ2n) is 13.7. The van der Waals surface area contributed by atoms with Crippen LogP contribution in [0, 0.1) is 36.6 Å². The van der Waals surface area contributed by atoms with Gasteiger partial charge in [-0.1, -0.05) is 31.2 Å². The highest BCUT2D eigenvalue weighted by Crippen LogP contribution is 2.52. The number of rotatable bonds is 9. The van der Waals surface area contributed by atoms with Crippen LogP contribution in [-0.4, -0.2) is 66.4 Å². The van der Waals surface area contributed by atoms with E-state index in [0.717, 1.165) is 76.2 Å². The molecule has 3 fully saturated rings. The smallest absolute Gasteiger partial charge is 0.407 e. The van der Waals surface area contributed by atoms with Crippen molar-refractivity contribution in [3.05, 3.63) is 89.5 Å². The van der Waals surface area contributed by atoms with Crippen molar-refractivity contribution >= 4 is 17.5 Å². The molecule has 1 N–H and O–H groups in total. The molecule has 3 atom stereocenters. The Hall–Kier alpha value is -3.90. The standard InChI is InChI=1S/C36H45FN6O2/c1-26-40-17-20-42(26)25-36(28-7-5-8-29(37)21-28,32-9-6-10-33(32)45-34(44)39-4)27-15-18-41(19-16-27)22-35(2)23-43(24-35)31-13-11-30(38-3)12-14-31/h5,7-8,11-14,17,20-21,27,32-33H,6,9-10,15-16,18-19,22-25H2,1-2,4H3,(H,39,44)/t32-,33-,36?/m0/s1. The van der Waals surface area contributed by atoms with Gasteiger partial charge < -0.3 is 24.4 Å². The molecule has 238 valence electrons. The maximum atomic E-state index is 15.0. The molecule has 0 bridgehead atoms. The van der Waals surface area contributed by atoms with Crippen LogP contribution in [-0.2, 0) is 16.7 Å². The molecule has 8 nitrogen and oxygen atoms in total. The summed E-state index contributed by atoms with van der Waals surface area (Å²) in [6, 6.07) is 15.1. The number of nitrogens with zero attached hydrogens (tertiary/aromatic N) is 5. The first-order valence-corrected chi connectivity index (χ1v) is 16.3. The topological polar surface area (TPSA) is 67.0 Å². The van der Waals surface area contributed by atoms with Crippen LogP contribution in [0.15, 0.2) is 60.9 Å². The Balaban J connectivity index is 1.24. The van der Waals surface area contributed by atoms with Crippen molar-refractivity contribution in [1.82, 2.24) is 19.8 Å². The van der Waals surface area contributed by atoms with Gasteiger partial charge in [0.25, 0.3) is 0 Å². The van der Waals surface area contributed by atoms with Crippen molar-refractivity contribution in [2.45, 2.75) is 64.0 Å². The van der Waals surface area contributed by atoms with Crippen LogP contribution in [0.5, 0.6) is 0 Å². The van der Waals surface area contributed by atoms with E-state index in [1.165, 1.54) is 11.8 Å². The predicted molar refractivity (Wildman–Crippen MR) is 174 cm³/mol. The molecule has 6 rings (SSSR count). The fraction of sp³-hybridized carbons (Fsp3) is 0.528.